The number of esters is 1. The maximum absolute atomic E-state index is 11.7. The first kappa shape index (κ1) is 14.0. The highest BCUT2D eigenvalue weighted by molar-refractivity contribution is 5.79. The summed E-state index contributed by atoms with van der Waals surface area (Å²) in [5.74, 6) is -1.99. The zero-order valence-electron chi connectivity index (χ0n) is 10.9. The average Bonchev–Trinajstić information content (AvgIpc) is 2.64. The molecule has 4 nitrogen and oxygen atoms in total. The lowest BCUT2D eigenvalue weighted by Crippen LogP contribution is -2.32. The van der Waals surface area contributed by atoms with Crippen molar-refractivity contribution in [3.8, 4) is 0 Å². The van der Waals surface area contributed by atoms with Gasteiger partial charge in [0, 0.05) is 0 Å². The van der Waals surface area contributed by atoms with Gasteiger partial charge in [-0.25, -0.2) is 0 Å². The lowest BCUT2D eigenvalue weighted by atomic mass is 9.79. The minimum absolute atomic E-state index is 0.0110. The van der Waals surface area contributed by atoms with Gasteiger partial charge in [0.15, 0.2) is 0 Å². The Balaban J connectivity index is 2.49. The van der Waals surface area contributed by atoms with Gasteiger partial charge in [0.1, 0.15) is 6.10 Å². The van der Waals surface area contributed by atoms with E-state index in [0.29, 0.717) is 0 Å². The third-order valence-electron chi connectivity index (χ3n) is 3.31. The monoisotopic (exact) mass is 242 g/mol. The molecule has 1 atom stereocenters. The summed E-state index contributed by atoms with van der Waals surface area (Å²) in [6, 6.07) is 0. The molecule has 1 aliphatic carbocycles. The highest BCUT2D eigenvalue weighted by Gasteiger charge is 2.34. The Bertz CT molecular complexity index is 284. The lowest BCUT2D eigenvalue weighted by Gasteiger charge is -2.26. The first-order valence-electron chi connectivity index (χ1n) is 6.23. The third kappa shape index (κ3) is 4.36. The first-order chi connectivity index (χ1) is 7.80. The van der Waals surface area contributed by atoms with Crippen LogP contribution < -0.4 is 0 Å². The molecule has 1 fully saturated rings. The fourth-order valence-corrected chi connectivity index (χ4v) is 2.17. The summed E-state index contributed by atoms with van der Waals surface area (Å²) in [5, 5.41) is 9.11. The highest BCUT2D eigenvalue weighted by Crippen LogP contribution is 2.30. The Kier molecular flexibility index (Phi) is 4.54. The van der Waals surface area contributed by atoms with E-state index in [0.717, 1.165) is 25.7 Å². The van der Waals surface area contributed by atoms with E-state index in [9.17, 15) is 9.59 Å². The predicted molar refractivity (Wildman–Crippen MR) is 63.5 cm³/mol. The molecular weight excluding hydrogens is 220 g/mol. The van der Waals surface area contributed by atoms with Crippen molar-refractivity contribution >= 4 is 11.9 Å². The number of aliphatic carboxylic acids is 1. The second kappa shape index (κ2) is 5.52. The molecule has 1 N–H and O–H groups in total. The molecule has 0 saturated heterocycles. The van der Waals surface area contributed by atoms with E-state index in [1.807, 2.05) is 20.8 Å². The van der Waals surface area contributed by atoms with Crippen LogP contribution >= 0.6 is 0 Å². The molecule has 0 aliphatic heterocycles. The van der Waals surface area contributed by atoms with E-state index in [4.69, 9.17) is 9.84 Å². The third-order valence-corrected chi connectivity index (χ3v) is 3.31. The fourth-order valence-electron chi connectivity index (χ4n) is 2.17. The van der Waals surface area contributed by atoms with Crippen molar-refractivity contribution in [2.75, 3.05) is 0 Å². The van der Waals surface area contributed by atoms with E-state index in [1.54, 1.807) is 0 Å². The van der Waals surface area contributed by atoms with E-state index in [2.05, 4.69) is 0 Å². The Labute approximate surface area is 102 Å². The summed E-state index contributed by atoms with van der Waals surface area (Å²) in [5.41, 5.74) is -0.430. The largest absolute Gasteiger partial charge is 0.481 e. The van der Waals surface area contributed by atoms with Gasteiger partial charge in [-0.05, 0) is 31.1 Å². The van der Waals surface area contributed by atoms with Gasteiger partial charge in [0.25, 0.3) is 0 Å². The van der Waals surface area contributed by atoms with Gasteiger partial charge in [0.2, 0.25) is 0 Å². The minimum Gasteiger partial charge on any atom is -0.481 e. The van der Waals surface area contributed by atoms with Gasteiger partial charge < -0.3 is 9.84 Å². The molecular formula is C13H22O4. The topological polar surface area (TPSA) is 63.6 Å². The van der Waals surface area contributed by atoms with Crippen LogP contribution in [0, 0.1) is 11.3 Å². The molecule has 98 valence electrons. The van der Waals surface area contributed by atoms with E-state index in [1.165, 1.54) is 0 Å². The molecule has 4 heteroatoms. The SMILES string of the molecule is CC(C)(C)[C@H](CC(=O)OC1CCCC1)C(=O)O. The molecule has 0 amide bonds. The molecule has 0 radical (unpaired) electrons. The van der Waals surface area contributed by atoms with Gasteiger partial charge in [-0.3, -0.25) is 9.59 Å². The number of carboxylic acid groups (broad SMARTS) is 1. The zero-order chi connectivity index (χ0) is 13.1. The number of hydrogen-bond donors (Lipinski definition) is 1. The smallest absolute Gasteiger partial charge is 0.307 e. The molecule has 0 aromatic rings. The Morgan fingerprint density at radius 3 is 2.24 bits per heavy atom. The Hall–Kier alpha value is -1.06. The van der Waals surface area contributed by atoms with Crippen LogP contribution in [-0.2, 0) is 14.3 Å². The van der Waals surface area contributed by atoms with Crippen LogP contribution in [0.3, 0.4) is 0 Å². The van der Waals surface area contributed by atoms with Gasteiger partial charge in [-0.1, -0.05) is 20.8 Å². The number of hydrogen-bond acceptors (Lipinski definition) is 3. The summed E-state index contributed by atoms with van der Waals surface area (Å²) in [4.78, 5) is 22.8. The molecule has 1 rings (SSSR count). The minimum atomic E-state index is -0.930. The second-order valence-electron chi connectivity index (χ2n) is 5.86. The molecule has 0 unspecified atom stereocenters. The van der Waals surface area contributed by atoms with Gasteiger partial charge >= 0.3 is 11.9 Å². The van der Waals surface area contributed by atoms with E-state index < -0.39 is 17.3 Å². The van der Waals surface area contributed by atoms with Crippen molar-refractivity contribution in [2.45, 2.75) is 59.0 Å². The maximum atomic E-state index is 11.7. The van der Waals surface area contributed by atoms with E-state index in [-0.39, 0.29) is 18.5 Å². The summed E-state index contributed by atoms with van der Waals surface area (Å²) < 4.78 is 5.28. The number of rotatable bonds is 4. The molecule has 0 spiro atoms. The van der Waals surface area contributed by atoms with Gasteiger partial charge in [0.05, 0.1) is 12.3 Å². The lowest BCUT2D eigenvalue weighted by molar-refractivity contribution is -0.158. The summed E-state index contributed by atoms with van der Waals surface area (Å²) >= 11 is 0. The van der Waals surface area contributed by atoms with Crippen LogP contribution in [0.1, 0.15) is 52.9 Å². The Morgan fingerprint density at radius 2 is 1.82 bits per heavy atom. The molecule has 1 saturated carbocycles. The second-order valence-corrected chi connectivity index (χ2v) is 5.86. The molecule has 0 aromatic carbocycles. The molecule has 0 heterocycles. The van der Waals surface area contributed by atoms with Gasteiger partial charge in [-0.2, -0.15) is 0 Å². The zero-order valence-corrected chi connectivity index (χ0v) is 10.9. The Morgan fingerprint density at radius 1 is 1.29 bits per heavy atom. The number of carbonyl (C=O) groups excluding carboxylic acids is 1. The molecule has 1 aliphatic rings. The van der Waals surface area contributed by atoms with Crippen LogP contribution in [0.5, 0.6) is 0 Å². The standard InChI is InChI=1S/C13H22O4/c1-13(2,3)10(12(15)16)8-11(14)17-9-6-4-5-7-9/h9-10H,4-8H2,1-3H3,(H,15,16)/t10-/m1/s1. The van der Waals surface area contributed by atoms with Crippen LogP contribution in [0.25, 0.3) is 0 Å². The van der Waals surface area contributed by atoms with Crippen LogP contribution in [0.4, 0.5) is 0 Å². The highest BCUT2D eigenvalue weighted by atomic mass is 16.5. The van der Waals surface area contributed by atoms with Crippen molar-refractivity contribution in [1.29, 1.82) is 0 Å². The van der Waals surface area contributed by atoms with Crippen molar-refractivity contribution in [1.82, 2.24) is 0 Å². The maximum Gasteiger partial charge on any atom is 0.307 e. The summed E-state index contributed by atoms with van der Waals surface area (Å²) in [6.07, 6.45) is 4.00. The molecule has 0 bridgehead atoms. The van der Waals surface area contributed by atoms with Crippen LogP contribution in [0.2, 0.25) is 0 Å². The van der Waals surface area contributed by atoms with Crippen LogP contribution in [0.15, 0.2) is 0 Å². The van der Waals surface area contributed by atoms with Crippen molar-refractivity contribution in [3.05, 3.63) is 0 Å². The summed E-state index contributed by atoms with van der Waals surface area (Å²) in [7, 11) is 0. The first-order valence-corrected chi connectivity index (χ1v) is 6.23. The normalized spacial score (nSPS) is 19.0. The summed E-state index contributed by atoms with van der Waals surface area (Å²) in [6.45, 7) is 5.48. The number of carbonyl (C=O) groups is 2. The van der Waals surface area contributed by atoms with E-state index >= 15 is 0 Å². The predicted octanol–water partition coefficient (Wildman–Crippen LogP) is 2.61. The van der Waals surface area contributed by atoms with Gasteiger partial charge in [-0.15, -0.1) is 0 Å². The molecule has 0 aromatic heterocycles. The van der Waals surface area contributed by atoms with Crippen LogP contribution in [-0.4, -0.2) is 23.1 Å². The van der Waals surface area contributed by atoms with Crippen molar-refractivity contribution < 1.29 is 19.4 Å². The quantitative estimate of drug-likeness (QED) is 0.770. The molecule has 17 heavy (non-hydrogen) atoms. The average molecular weight is 242 g/mol. The number of carboxylic acids is 1. The fraction of sp³-hybridized carbons (Fsp3) is 0.846. The van der Waals surface area contributed by atoms with Crippen molar-refractivity contribution in [2.24, 2.45) is 11.3 Å². The van der Waals surface area contributed by atoms with Crippen molar-refractivity contribution in [3.63, 3.8) is 0 Å². The number of ether oxygens (including phenoxy) is 1.